The highest BCUT2D eigenvalue weighted by molar-refractivity contribution is 7.92. The highest BCUT2D eigenvalue weighted by atomic mass is 35.5. The number of carbonyl (C=O) groups excluding carboxylic acids is 1. The molecule has 10 heteroatoms. The third-order valence-electron chi connectivity index (χ3n) is 4.21. The molecule has 1 heterocycles. The number of para-hydroxylation sites is 2. The van der Waals surface area contributed by atoms with Crippen LogP contribution >= 0.6 is 11.6 Å². The molecule has 1 aliphatic heterocycles. The second-order valence-electron chi connectivity index (χ2n) is 6.30. The Hall–Kier alpha value is -2.65. The molecular weight excluding hydrogens is 420 g/mol. The molecule has 29 heavy (non-hydrogen) atoms. The van der Waals surface area contributed by atoms with E-state index in [2.05, 4.69) is 5.32 Å². The molecular formula is C19H21ClN2O6S. The van der Waals surface area contributed by atoms with Gasteiger partial charge in [-0.2, -0.15) is 0 Å². The molecule has 1 N–H and O–H groups in total. The first kappa shape index (κ1) is 21.1. The Morgan fingerprint density at radius 3 is 2.69 bits per heavy atom. The number of amides is 1. The van der Waals surface area contributed by atoms with Crippen molar-refractivity contribution in [3.63, 3.8) is 0 Å². The molecule has 3 rings (SSSR count). The number of carbonyl (C=O) groups is 1. The Balaban J connectivity index is 1.62. The monoisotopic (exact) mass is 440 g/mol. The van der Waals surface area contributed by atoms with Gasteiger partial charge in [-0.15, -0.1) is 0 Å². The topological polar surface area (TPSA) is 94.2 Å². The maximum Gasteiger partial charge on any atom is 0.263 e. The van der Waals surface area contributed by atoms with Crippen molar-refractivity contribution in [2.24, 2.45) is 0 Å². The van der Waals surface area contributed by atoms with E-state index in [9.17, 15) is 13.2 Å². The van der Waals surface area contributed by atoms with Crippen LogP contribution in [-0.2, 0) is 14.8 Å². The number of nitrogens with one attached hydrogen (secondary N) is 1. The van der Waals surface area contributed by atoms with Gasteiger partial charge in [-0.3, -0.25) is 9.10 Å². The minimum atomic E-state index is -3.62. The van der Waals surface area contributed by atoms with E-state index in [4.69, 9.17) is 25.8 Å². The highest BCUT2D eigenvalue weighted by Gasteiger charge is 2.35. The van der Waals surface area contributed by atoms with E-state index in [0.717, 1.165) is 10.6 Å². The molecule has 0 bridgehead atoms. The fourth-order valence-electron chi connectivity index (χ4n) is 2.86. The number of hydrogen-bond acceptors (Lipinski definition) is 6. The first-order chi connectivity index (χ1) is 13.8. The van der Waals surface area contributed by atoms with Crippen LogP contribution in [0, 0.1) is 0 Å². The van der Waals surface area contributed by atoms with Crippen LogP contribution in [0.25, 0.3) is 0 Å². The van der Waals surface area contributed by atoms with Crippen LogP contribution < -0.4 is 23.8 Å². The van der Waals surface area contributed by atoms with E-state index in [1.807, 2.05) is 12.1 Å². The second kappa shape index (κ2) is 8.79. The van der Waals surface area contributed by atoms with E-state index in [0.29, 0.717) is 22.2 Å². The van der Waals surface area contributed by atoms with Gasteiger partial charge in [-0.1, -0.05) is 23.7 Å². The van der Waals surface area contributed by atoms with Crippen LogP contribution in [0.1, 0.15) is 0 Å². The van der Waals surface area contributed by atoms with Crippen molar-refractivity contribution < 1.29 is 27.4 Å². The van der Waals surface area contributed by atoms with E-state index in [-0.39, 0.29) is 25.4 Å². The number of sulfonamides is 1. The summed E-state index contributed by atoms with van der Waals surface area (Å²) >= 11 is 5.97. The van der Waals surface area contributed by atoms with Gasteiger partial charge in [0.25, 0.3) is 5.91 Å². The van der Waals surface area contributed by atoms with Crippen molar-refractivity contribution in [3.8, 4) is 17.2 Å². The molecule has 1 atom stereocenters. The summed E-state index contributed by atoms with van der Waals surface area (Å²) in [4.78, 5) is 12.5. The van der Waals surface area contributed by atoms with Crippen molar-refractivity contribution in [2.45, 2.75) is 6.10 Å². The van der Waals surface area contributed by atoms with Gasteiger partial charge >= 0.3 is 0 Å². The quantitative estimate of drug-likeness (QED) is 0.662. The third-order valence-corrected chi connectivity index (χ3v) is 5.59. The number of fused-ring (bicyclic) bond motifs is 1. The zero-order valence-corrected chi connectivity index (χ0v) is 17.5. The zero-order valence-electron chi connectivity index (χ0n) is 15.9. The van der Waals surface area contributed by atoms with Crippen LogP contribution in [0.5, 0.6) is 17.2 Å². The maximum atomic E-state index is 12.5. The number of ether oxygens (including phenoxy) is 3. The number of rotatable bonds is 7. The largest absolute Gasteiger partial charge is 0.493 e. The molecule has 0 unspecified atom stereocenters. The SMILES string of the molecule is COc1ccccc1OCCNC(=O)[C@H]1CN(S(C)(=O)=O)c2cc(Cl)ccc2O1. The first-order valence-electron chi connectivity index (χ1n) is 8.77. The van der Waals surface area contributed by atoms with Crippen molar-refractivity contribution in [1.29, 1.82) is 0 Å². The summed E-state index contributed by atoms with van der Waals surface area (Å²) in [6, 6.07) is 11.8. The molecule has 2 aromatic rings. The van der Waals surface area contributed by atoms with Crippen LogP contribution in [0.4, 0.5) is 5.69 Å². The molecule has 0 aliphatic carbocycles. The average molecular weight is 441 g/mol. The molecule has 1 amide bonds. The molecule has 0 aromatic heterocycles. The summed E-state index contributed by atoms with van der Waals surface area (Å²) in [5.74, 6) is 0.986. The lowest BCUT2D eigenvalue weighted by atomic mass is 10.2. The number of methoxy groups -OCH3 is 1. The number of nitrogens with zero attached hydrogens (tertiary/aromatic N) is 1. The Morgan fingerprint density at radius 1 is 1.28 bits per heavy atom. The zero-order chi connectivity index (χ0) is 21.0. The fraction of sp³-hybridized carbons (Fsp3) is 0.316. The van der Waals surface area contributed by atoms with Crippen molar-refractivity contribution in [2.75, 3.05) is 37.4 Å². The Bertz CT molecular complexity index is 998. The predicted octanol–water partition coefficient (Wildman–Crippen LogP) is 2.07. The average Bonchev–Trinajstić information content (AvgIpc) is 2.69. The van der Waals surface area contributed by atoms with E-state index < -0.39 is 22.0 Å². The van der Waals surface area contributed by atoms with Crippen LogP contribution in [0.3, 0.4) is 0 Å². The summed E-state index contributed by atoms with van der Waals surface area (Å²) in [5.41, 5.74) is 0.309. The minimum absolute atomic E-state index is 0.147. The molecule has 0 radical (unpaired) electrons. The lowest BCUT2D eigenvalue weighted by molar-refractivity contribution is -0.127. The fourth-order valence-corrected chi connectivity index (χ4v) is 3.93. The second-order valence-corrected chi connectivity index (χ2v) is 8.65. The van der Waals surface area contributed by atoms with Gasteiger partial charge in [0.15, 0.2) is 17.6 Å². The summed E-state index contributed by atoms with van der Waals surface area (Å²) in [6.45, 7) is 0.273. The van der Waals surface area contributed by atoms with Crippen molar-refractivity contribution in [3.05, 3.63) is 47.5 Å². The number of benzene rings is 2. The first-order valence-corrected chi connectivity index (χ1v) is 11.0. The van der Waals surface area contributed by atoms with Crippen LogP contribution in [0.15, 0.2) is 42.5 Å². The number of anilines is 1. The van der Waals surface area contributed by atoms with E-state index in [1.165, 1.54) is 6.07 Å². The lowest BCUT2D eigenvalue weighted by Crippen LogP contribution is -2.51. The minimum Gasteiger partial charge on any atom is -0.493 e. The molecule has 0 saturated carbocycles. The van der Waals surface area contributed by atoms with Gasteiger partial charge in [0, 0.05) is 5.02 Å². The van der Waals surface area contributed by atoms with E-state index in [1.54, 1.807) is 31.4 Å². The third kappa shape index (κ3) is 5.04. The van der Waals surface area contributed by atoms with Gasteiger partial charge in [0.05, 0.1) is 32.1 Å². The van der Waals surface area contributed by atoms with Crippen molar-refractivity contribution in [1.82, 2.24) is 5.32 Å². The van der Waals surface area contributed by atoms with Crippen molar-refractivity contribution >= 4 is 33.2 Å². The Labute approximate surface area is 174 Å². The standard InChI is InChI=1S/C19H21ClN2O6S/c1-26-16-5-3-4-6-17(16)27-10-9-21-19(23)18-12-22(29(2,24)25)14-11-13(20)7-8-15(14)28-18/h3-8,11,18H,9-10,12H2,1-2H3,(H,21,23)/t18-/m1/s1. The molecule has 156 valence electrons. The summed E-state index contributed by atoms with van der Waals surface area (Å²) in [6.07, 6.45) is 0.0728. The number of halogens is 1. The van der Waals surface area contributed by atoms with Gasteiger partial charge < -0.3 is 19.5 Å². The summed E-state index contributed by atoms with van der Waals surface area (Å²) < 4.78 is 42.0. The molecule has 2 aromatic carbocycles. The molecule has 1 aliphatic rings. The smallest absolute Gasteiger partial charge is 0.263 e. The maximum absolute atomic E-state index is 12.5. The highest BCUT2D eigenvalue weighted by Crippen LogP contribution is 2.37. The van der Waals surface area contributed by atoms with Gasteiger partial charge in [-0.25, -0.2) is 8.42 Å². The van der Waals surface area contributed by atoms with Gasteiger partial charge in [0.2, 0.25) is 10.0 Å². The lowest BCUT2D eigenvalue weighted by Gasteiger charge is -2.34. The number of hydrogen-bond donors (Lipinski definition) is 1. The molecule has 0 saturated heterocycles. The molecule has 0 fully saturated rings. The molecule has 8 nitrogen and oxygen atoms in total. The van der Waals surface area contributed by atoms with Crippen LogP contribution in [0.2, 0.25) is 5.02 Å². The molecule has 0 spiro atoms. The van der Waals surface area contributed by atoms with Gasteiger partial charge in [0.1, 0.15) is 12.4 Å². The Kier molecular flexibility index (Phi) is 6.39. The Morgan fingerprint density at radius 2 is 2.00 bits per heavy atom. The normalized spacial score (nSPS) is 15.8. The van der Waals surface area contributed by atoms with E-state index >= 15 is 0 Å². The summed E-state index contributed by atoms with van der Waals surface area (Å²) in [5, 5.41) is 3.07. The summed E-state index contributed by atoms with van der Waals surface area (Å²) in [7, 11) is -2.07. The van der Waals surface area contributed by atoms with Crippen LogP contribution in [-0.4, -0.2) is 53.5 Å². The van der Waals surface area contributed by atoms with Gasteiger partial charge in [-0.05, 0) is 30.3 Å². The predicted molar refractivity (Wildman–Crippen MR) is 110 cm³/mol.